The van der Waals surface area contributed by atoms with Crippen LogP contribution in [0.2, 0.25) is 0 Å². The van der Waals surface area contributed by atoms with E-state index in [1.165, 1.54) is 0 Å². The molecule has 0 fully saturated rings. The van der Waals surface area contributed by atoms with Crippen LogP contribution in [0.3, 0.4) is 0 Å². The van der Waals surface area contributed by atoms with Gasteiger partial charge >= 0.3 is 0 Å². The third kappa shape index (κ3) is 5.43. The molecule has 1 N–H and O–H groups in total. The maximum atomic E-state index is 14.0. The van der Waals surface area contributed by atoms with Gasteiger partial charge in [-0.05, 0) is 67.6 Å². The van der Waals surface area contributed by atoms with Crippen LogP contribution in [-0.4, -0.2) is 42.2 Å². The minimum absolute atomic E-state index is 0.0397. The number of para-hydroxylation sites is 1. The highest BCUT2D eigenvalue weighted by atomic mass is 32.1. The largest absolute Gasteiger partial charge is 0.349 e. The summed E-state index contributed by atoms with van der Waals surface area (Å²) in [6.07, 6.45) is 2.49. The predicted octanol–water partition coefficient (Wildman–Crippen LogP) is 5.12. The third-order valence-electron chi connectivity index (χ3n) is 6.78. The Bertz CT molecular complexity index is 1580. The zero-order valence-corrected chi connectivity index (χ0v) is 22.5. The molecule has 0 radical (unpaired) electrons. The predicted molar refractivity (Wildman–Crippen MR) is 149 cm³/mol. The zero-order valence-electron chi connectivity index (χ0n) is 21.7. The number of rotatable bonds is 9. The maximum absolute atomic E-state index is 14.0. The highest BCUT2D eigenvalue weighted by Crippen LogP contribution is 2.29. The van der Waals surface area contributed by atoms with Gasteiger partial charge < -0.3 is 10.2 Å². The molecular weight excluding hydrogens is 496 g/mol. The van der Waals surface area contributed by atoms with Crippen LogP contribution in [-0.2, 0) is 22.7 Å². The summed E-state index contributed by atoms with van der Waals surface area (Å²) in [6, 6.07) is 20.2. The number of carbonyl (C=O) groups is 2. The van der Waals surface area contributed by atoms with E-state index in [0.29, 0.717) is 12.1 Å². The molecule has 2 amide bonds. The van der Waals surface area contributed by atoms with Crippen LogP contribution in [0, 0.1) is 0 Å². The Morgan fingerprint density at radius 3 is 2.68 bits per heavy atom. The van der Waals surface area contributed by atoms with Crippen LogP contribution in [0.25, 0.3) is 21.9 Å². The van der Waals surface area contributed by atoms with Gasteiger partial charge in [-0.3, -0.25) is 14.6 Å². The fourth-order valence-corrected chi connectivity index (χ4v) is 5.08. The normalized spacial score (nSPS) is 12.5. The van der Waals surface area contributed by atoms with Crippen molar-refractivity contribution in [2.45, 2.75) is 51.9 Å². The van der Waals surface area contributed by atoms with E-state index in [2.05, 4.69) is 20.6 Å². The minimum atomic E-state index is -0.852. The number of hydrogen-bond donors (Lipinski definition) is 1. The van der Waals surface area contributed by atoms with Crippen LogP contribution in [0.1, 0.15) is 43.7 Å². The molecule has 0 aliphatic rings. The van der Waals surface area contributed by atoms with Crippen LogP contribution in [0.15, 0.2) is 78.3 Å². The molecule has 0 unspecified atom stereocenters. The number of thiophene rings is 1. The fraction of sp³-hybridized carbons (Fsp3) is 0.276. The Morgan fingerprint density at radius 1 is 1.05 bits per heavy atom. The molecule has 38 heavy (non-hydrogen) atoms. The van der Waals surface area contributed by atoms with Gasteiger partial charge in [0.25, 0.3) is 0 Å². The van der Waals surface area contributed by atoms with Crippen molar-refractivity contribution in [2.75, 3.05) is 0 Å². The summed E-state index contributed by atoms with van der Waals surface area (Å²) in [5, 5.41) is 14.5. The molecule has 2 aromatic carbocycles. The molecule has 1 atom stereocenters. The van der Waals surface area contributed by atoms with E-state index in [1.807, 2.05) is 92.9 Å². The highest BCUT2D eigenvalue weighted by Gasteiger charge is 2.34. The first-order valence-corrected chi connectivity index (χ1v) is 13.5. The van der Waals surface area contributed by atoms with E-state index in [1.54, 1.807) is 27.1 Å². The highest BCUT2D eigenvalue weighted by molar-refractivity contribution is 7.09. The van der Waals surface area contributed by atoms with Gasteiger partial charge in [0.15, 0.2) is 0 Å². The van der Waals surface area contributed by atoms with Crippen molar-refractivity contribution in [2.24, 2.45) is 0 Å². The molecular formula is C29H30N6O2S. The molecule has 0 saturated heterocycles. The summed E-state index contributed by atoms with van der Waals surface area (Å²) in [7, 11) is 0. The Hall–Kier alpha value is -4.11. The summed E-state index contributed by atoms with van der Waals surface area (Å²) in [6.45, 7) is 6.25. The number of amides is 2. The van der Waals surface area contributed by atoms with Crippen LogP contribution < -0.4 is 5.32 Å². The van der Waals surface area contributed by atoms with Crippen LogP contribution in [0.4, 0.5) is 0 Å². The Balaban J connectivity index is 1.58. The van der Waals surface area contributed by atoms with Gasteiger partial charge in [0, 0.05) is 22.0 Å². The van der Waals surface area contributed by atoms with Crippen molar-refractivity contribution in [1.29, 1.82) is 0 Å². The van der Waals surface area contributed by atoms with Gasteiger partial charge in [-0.25, -0.2) is 4.68 Å². The molecule has 194 valence electrons. The SMILES string of the molecule is CCC(C)(C)NC(=O)[C@@H](c1ccc2ncccc2c1)N(Cc1cccs1)C(=O)Cn1nnc2ccccc21. The van der Waals surface area contributed by atoms with Gasteiger partial charge in [0.1, 0.15) is 18.1 Å². The molecule has 0 aliphatic carbocycles. The topological polar surface area (TPSA) is 93.0 Å². The molecule has 9 heteroatoms. The van der Waals surface area contributed by atoms with Crippen molar-refractivity contribution in [3.05, 3.63) is 88.7 Å². The average molecular weight is 527 g/mol. The summed E-state index contributed by atoms with van der Waals surface area (Å²) in [5.41, 5.74) is 2.60. The van der Waals surface area contributed by atoms with Gasteiger partial charge in [-0.1, -0.05) is 42.5 Å². The zero-order chi connectivity index (χ0) is 26.7. The third-order valence-corrected chi connectivity index (χ3v) is 7.64. The van der Waals surface area contributed by atoms with Gasteiger partial charge in [0.05, 0.1) is 17.6 Å². The summed E-state index contributed by atoms with van der Waals surface area (Å²) < 4.78 is 1.59. The molecule has 8 nitrogen and oxygen atoms in total. The first-order valence-electron chi connectivity index (χ1n) is 12.6. The lowest BCUT2D eigenvalue weighted by Gasteiger charge is -2.34. The van der Waals surface area contributed by atoms with E-state index >= 15 is 0 Å². The van der Waals surface area contributed by atoms with Crippen molar-refractivity contribution < 1.29 is 9.59 Å². The first kappa shape index (κ1) is 25.5. The average Bonchev–Trinajstić information content (AvgIpc) is 3.58. The minimum Gasteiger partial charge on any atom is -0.349 e. The summed E-state index contributed by atoms with van der Waals surface area (Å²) >= 11 is 1.55. The number of carbonyl (C=O) groups excluding carboxylic acids is 2. The van der Waals surface area contributed by atoms with Crippen molar-refractivity contribution in [1.82, 2.24) is 30.2 Å². The van der Waals surface area contributed by atoms with E-state index < -0.39 is 11.6 Å². The van der Waals surface area contributed by atoms with Crippen LogP contribution >= 0.6 is 11.3 Å². The van der Waals surface area contributed by atoms with E-state index in [-0.39, 0.29) is 18.4 Å². The Morgan fingerprint density at radius 2 is 1.89 bits per heavy atom. The maximum Gasteiger partial charge on any atom is 0.247 e. The molecule has 3 aromatic heterocycles. The second-order valence-corrected chi connectivity index (χ2v) is 11.0. The lowest BCUT2D eigenvalue weighted by atomic mass is 9.97. The number of pyridine rings is 1. The molecule has 5 rings (SSSR count). The van der Waals surface area contributed by atoms with Gasteiger partial charge in [-0.2, -0.15) is 0 Å². The molecule has 0 spiro atoms. The second-order valence-electron chi connectivity index (χ2n) is 9.92. The number of nitrogens with zero attached hydrogens (tertiary/aromatic N) is 5. The summed E-state index contributed by atoms with van der Waals surface area (Å²) in [5.74, 6) is -0.455. The van der Waals surface area contributed by atoms with Gasteiger partial charge in [0.2, 0.25) is 11.8 Å². The number of nitrogens with one attached hydrogen (secondary N) is 1. The first-order chi connectivity index (χ1) is 18.3. The standard InChI is InChI=1S/C29H30N6O2S/c1-4-29(2,3)31-28(37)27(21-13-14-23-20(17-21)9-7-15-30-23)34(18-22-10-8-16-38-22)26(36)19-35-25-12-6-5-11-24(25)32-33-35/h5-17,27H,4,18-19H2,1-3H3,(H,31,37)/t27-/m1/s1. The number of aromatic nitrogens is 4. The van der Waals surface area contributed by atoms with E-state index in [9.17, 15) is 9.59 Å². The quantitative estimate of drug-likeness (QED) is 0.288. The van der Waals surface area contributed by atoms with Crippen molar-refractivity contribution >= 4 is 45.1 Å². The molecule has 3 heterocycles. The van der Waals surface area contributed by atoms with E-state index in [4.69, 9.17) is 0 Å². The lowest BCUT2D eigenvalue weighted by Crippen LogP contribution is -2.50. The fourth-order valence-electron chi connectivity index (χ4n) is 4.37. The molecule has 0 saturated carbocycles. The smallest absolute Gasteiger partial charge is 0.247 e. The number of benzene rings is 2. The molecule has 0 aliphatic heterocycles. The number of hydrogen-bond acceptors (Lipinski definition) is 6. The Labute approximate surface area is 225 Å². The molecule has 0 bridgehead atoms. The monoisotopic (exact) mass is 526 g/mol. The summed E-state index contributed by atoms with van der Waals surface area (Å²) in [4.78, 5) is 35.1. The van der Waals surface area contributed by atoms with Crippen molar-refractivity contribution in [3.63, 3.8) is 0 Å². The van der Waals surface area contributed by atoms with Gasteiger partial charge in [-0.15, -0.1) is 16.4 Å². The second kappa shape index (κ2) is 10.7. The molecule has 5 aromatic rings. The van der Waals surface area contributed by atoms with Crippen molar-refractivity contribution in [3.8, 4) is 0 Å². The van der Waals surface area contributed by atoms with Crippen LogP contribution in [0.5, 0.6) is 0 Å². The Kier molecular flexibility index (Phi) is 7.20. The number of fused-ring (bicyclic) bond motifs is 2. The lowest BCUT2D eigenvalue weighted by molar-refractivity contribution is -0.142. The van der Waals surface area contributed by atoms with E-state index in [0.717, 1.165) is 33.3 Å².